The first-order chi connectivity index (χ1) is 7.96. The van der Waals surface area contributed by atoms with Crippen LogP contribution in [0.1, 0.15) is 31.9 Å². The monoisotopic (exact) mass is 227 g/mol. The number of benzene rings is 1. The Balaban J connectivity index is 2.30. The normalized spacial score (nSPS) is 11.8. The molecule has 0 unspecified atom stereocenters. The third-order valence-corrected chi connectivity index (χ3v) is 2.66. The van der Waals surface area contributed by atoms with Crippen molar-refractivity contribution in [3.8, 4) is 5.69 Å². The quantitative estimate of drug-likeness (QED) is 0.766. The second kappa shape index (κ2) is 4.36. The van der Waals surface area contributed by atoms with E-state index >= 15 is 0 Å². The molecule has 0 N–H and O–H groups in total. The van der Waals surface area contributed by atoms with Crippen molar-refractivity contribution in [2.24, 2.45) is 5.41 Å². The molecule has 0 spiro atoms. The van der Waals surface area contributed by atoms with Gasteiger partial charge in [-0.1, -0.05) is 32.9 Å². The van der Waals surface area contributed by atoms with E-state index in [0.29, 0.717) is 5.41 Å². The minimum Gasteiger partial charge on any atom is -0.306 e. The van der Waals surface area contributed by atoms with Gasteiger partial charge in [-0.15, -0.1) is 0 Å². The molecule has 0 atom stereocenters. The van der Waals surface area contributed by atoms with Crippen molar-refractivity contribution in [1.29, 1.82) is 0 Å². The van der Waals surface area contributed by atoms with Gasteiger partial charge in [0.15, 0.2) is 0 Å². The van der Waals surface area contributed by atoms with Crippen LogP contribution in [0, 0.1) is 12.3 Å². The van der Waals surface area contributed by atoms with Crippen molar-refractivity contribution >= 4 is 0 Å². The van der Waals surface area contributed by atoms with Crippen molar-refractivity contribution in [3.05, 3.63) is 55.0 Å². The molecule has 1 heterocycles. The largest absolute Gasteiger partial charge is 0.306 e. The standard InChI is InChI=1S/C15H19N2/c1-12-9-13(10-15(2,3)4)5-6-14(12)17-8-7-16-11-17/h5-9,11H,1,10H2,2-4H3. The van der Waals surface area contributed by atoms with Crippen LogP contribution in [0.15, 0.2) is 36.9 Å². The zero-order chi connectivity index (χ0) is 12.5. The van der Waals surface area contributed by atoms with Crippen molar-refractivity contribution in [2.45, 2.75) is 27.2 Å². The van der Waals surface area contributed by atoms with Crippen molar-refractivity contribution in [3.63, 3.8) is 0 Å². The molecule has 2 rings (SSSR count). The molecule has 0 saturated heterocycles. The summed E-state index contributed by atoms with van der Waals surface area (Å²) in [6.07, 6.45) is 6.59. The van der Waals surface area contributed by atoms with E-state index in [4.69, 9.17) is 0 Å². The summed E-state index contributed by atoms with van der Waals surface area (Å²) in [5, 5.41) is 0. The maximum Gasteiger partial charge on any atom is 0.0991 e. The first kappa shape index (κ1) is 11.9. The highest BCUT2D eigenvalue weighted by atomic mass is 15.0. The van der Waals surface area contributed by atoms with Crippen LogP contribution in [0.5, 0.6) is 0 Å². The van der Waals surface area contributed by atoms with Gasteiger partial charge in [-0.05, 0) is 36.0 Å². The molecule has 0 aliphatic heterocycles. The van der Waals surface area contributed by atoms with E-state index in [1.54, 1.807) is 12.5 Å². The summed E-state index contributed by atoms with van der Waals surface area (Å²) in [5.41, 5.74) is 3.79. The molecule has 0 bridgehead atoms. The zero-order valence-corrected chi connectivity index (χ0v) is 10.8. The molecule has 0 fully saturated rings. The van der Waals surface area contributed by atoms with Crippen LogP contribution in [0.25, 0.3) is 5.69 Å². The van der Waals surface area contributed by atoms with Crippen LogP contribution < -0.4 is 0 Å². The number of hydrogen-bond donors (Lipinski definition) is 0. The number of aromatic nitrogens is 2. The highest BCUT2D eigenvalue weighted by molar-refractivity contribution is 5.45. The minimum absolute atomic E-state index is 0.308. The Kier molecular flexibility index (Phi) is 3.05. The van der Waals surface area contributed by atoms with Gasteiger partial charge in [0.05, 0.1) is 6.33 Å². The molecule has 0 amide bonds. The van der Waals surface area contributed by atoms with Crippen molar-refractivity contribution in [1.82, 2.24) is 9.55 Å². The van der Waals surface area contributed by atoms with Crippen molar-refractivity contribution < 1.29 is 0 Å². The van der Waals surface area contributed by atoms with E-state index in [2.05, 4.69) is 50.9 Å². The summed E-state index contributed by atoms with van der Waals surface area (Å²) in [7, 11) is 0. The Morgan fingerprint density at radius 2 is 2.06 bits per heavy atom. The average Bonchev–Trinajstić information content (AvgIpc) is 2.68. The van der Waals surface area contributed by atoms with E-state index in [0.717, 1.165) is 17.7 Å². The fourth-order valence-corrected chi connectivity index (χ4v) is 2.01. The lowest BCUT2D eigenvalue weighted by atomic mass is 9.87. The Hall–Kier alpha value is -1.57. The predicted molar refractivity (Wildman–Crippen MR) is 71.2 cm³/mol. The fourth-order valence-electron chi connectivity index (χ4n) is 2.01. The molecule has 0 saturated carbocycles. The van der Waals surface area contributed by atoms with E-state index in [-0.39, 0.29) is 0 Å². The van der Waals surface area contributed by atoms with Gasteiger partial charge in [-0.2, -0.15) is 0 Å². The van der Waals surface area contributed by atoms with E-state index in [9.17, 15) is 0 Å². The minimum atomic E-state index is 0.308. The summed E-state index contributed by atoms with van der Waals surface area (Å²) in [6, 6.07) is 6.46. The van der Waals surface area contributed by atoms with Gasteiger partial charge in [0.25, 0.3) is 0 Å². The predicted octanol–water partition coefficient (Wildman–Crippen LogP) is 3.64. The van der Waals surface area contributed by atoms with Crippen LogP contribution in [0.4, 0.5) is 0 Å². The van der Waals surface area contributed by atoms with Gasteiger partial charge in [0.1, 0.15) is 0 Å². The van der Waals surface area contributed by atoms with Gasteiger partial charge in [-0.3, -0.25) is 0 Å². The van der Waals surface area contributed by atoms with Gasteiger partial charge in [0, 0.05) is 18.1 Å². The van der Waals surface area contributed by atoms with E-state index in [1.807, 2.05) is 10.8 Å². The van der Waals surface area contributed by atoms with Gasteiger partial charge >= 0.3 is 0 Å². The maximum absolute atomic E-state index is 4.12. The molecule has 2 nitrogen and oxygen atoms in total. The Morgan fingerprint density at radius 1 is 1.29 bits per heavy atom. The molecule has 89 valence electrons. The van der Waals surface area contributed by atoms with E-state index in [1.165, 1.54) is 5.56 Å². The summed E-state index contributed by atoms with van der Waals surface area (Å²) >= 11 is 0. The highest BCUT2D eigenvalue weighted by Crippen LogP contribution is 2.23. The zero-order valence-electron chi connectivity index (χ0n) is 10.8. The average molecular weight is 227 g/mol. The summed E-state index contributed by atoms with van der Waals surface area (Å²) in [5.74, 6) is 0. The fraction of sp³-hybridized carbons (Fsp3) is 0.333. The van der Waals surface area contributed by atoms with Crippen LogP contribution in [-0.2, 0) is 6.42 Å². The molecule has 2 aromatic rings. The Morgan fingerprint density at radius 3 is 2.59 bits per heavy atom. The van der Waals surface area contributed by atoms with Gasteiger partial charge in [0.2, 0.25) is 0 Å². The van der Waals surface area contributed by atoms with Crippen LogP contribution in [0.3, 0.4) is 0 Å². The Labute approximate surface area is 103 Å². The molecule has 1 radical (unpaired) electrons. The maximum atomic E-state index is 4.12. The lowest BCUT2D eigenvalue weighted by Gasteiger charge is -2.19. The number of rotatable bonds is 2. The Bertz CT molecular complexity index is 490. The molecular formula is C15H19N2. The first-order valence-electron chi connectivity index (χ1n) is 5.89. The summed E-state index contributed by atoms with van der Waals surface area (Å²) < 4.78 is 1.99. The number of hydrogen-bond acceptors (Lipinski definition) is 1. The second-order valence-corrected chi connectivity index (χ2v) is 5.67. The first-order valence-corrected chi connectivity index (χ1v) is 5.89. The van der Waals surface area contributed by atoms with E-state index < -0.39 is 0 Å². The highest BCUT2D eigenvalue weighted by Gasteiger charge is 2.12. The molecule has 1 aromatic heterocycles. The summed E-state index contributed by atoms with van der Waals surface area (Å²) in [6.45, 7) is 10.9. The lowest BCUT2D eigenvalue weighted by Crippen LogP contribution is -2.09. The molecule has 17 heavy (non-hydrogen) atoms. The van der Waals surface area contributed by atoms with Gasteiger partial charge in [-0.25, -0.2) is 4.98 Å². The third-order valence-electron chi connectivity index (χ3n) is 2.66. The smallest absolute Gasteiger partial charge is 0.0991 e. The topological polar surface area (TPSA) is 17.8 Å². The second-order valence-electron chi connectivity index (χ2n) is 5.67. The molecule has 2 heteroatoms. The van der Waals surface area contributed by atoms with Crippen molar-refractivity contribution in [2.75, 3.05) is 0 Å². The summed E-state index contributed by atoms with van der Waals surface area (Å²) in [4.78, 5) is 4.06. The number of imidazole rings is 1. The SMILES string of the molecule is [CH2]c1cc(CC(C)(C)C)ccc1-n1ccnc1. The lowest BCUT2D eigenvalue weighted by molar-refractivity contribution is 0.411. The van der Waals surface area contributed by atoms with Crippen LogP contribution in [-0.4, -0.2) is 9.55 Å². The van der Waals surface area contributed by atoms with Gasteiger partial charge < -0.3 is 4.57 Å². The van der Waals surface area contributed by atoms with Crippen LogP contribution >= 0.6 is 0 Å². The molecular weight excluding hydrogens is 208 g/mol. The third kappa shape index (κ3) is 2.96. The molecule has 0 aliphatic rings. The van der Waals surface area contributed by atoms with Crippen LogP contribution in [0.2, 0.25) is 0 Å². The number of nitrogens with zero attached hydrogens (tertiary/aromatic N) is 2. The molecule has 0 aliphatic carbocycles. The molecule has 1 aromatic carbocycles.